The second kappa shape index (κ2) is 9.49. The molecule has 0 saturated carbocycles. The Balaban J connectivity index is 1.86. The number of thiocarbonyl (C=S) groups is 1. The fourth-order valence-corrected chi connectivity index (χ4v) is 4.06. The first-order valence-electron chi connectivity index (χ1n) is 10.8. The maximum atomic E-state index is 13.6. The first-order chi connectivity index (χ1) is 16.3. The number of rotatable bonds is 5. The second-order valence-electron chi connectivity index (χ2n) is 7.89. The smallest absolute Gasteiger partial charge is 0.270 e. The molecule has 1 saturated heterocycles. The number of ether oxygens (including phenoxy) is 1. The summed E-state index contributed by atoms with van der Waals surface area (Å²) in [7, 11) is 0. The lowest BCUT2D eigenvalue weighted by molar-refractivity contribution is -0.120. The van der Waals surface area contributed by atoms with Gasteiger partial charge in [-0.1, -0.05) is 30.3 Å². The van der Waals surface area contributed by atoms with Gasteiger partial charge in [0.1, 0.15) is 5.57 Å². The average Bonchev–Trinajstić information content (AvgIpc) is 2.82. The molecule has 3 aromatic rings. The maximum Gasteiger partial charge on any atom is 0.270 e. The van der Waals surface area contributed by atoms with Crippen molar-refractivity contribution in [3.8, 4) is 11.5 Å². The molecule has 1 fully saturated rings. The molecule has 0 bridgehead atoms. The summed E-state index contributed by atoms with van der Waals surface area (Å²) in [6.45, 7) is 6.11. The van der Waals surface area contributed by atoms with E-state index in [9.17, 15) is 14.7 Å². The third-order valence-corrected chi connectivity index (χ3v) is 5.97. The molecule has 6 nitrogen and oxygen atoms in total. The van der Waals surface area contributed by atoms with Crippen LogP contribution in [0, 0.1) is 13.8 Å². The molecule has 3 aromatic carbocycles. The summed E-state index contributed by atoms with van der Waals surface area (Å²) >= 11 is 5.66. The van der Waals surface area contributed by atoms with Gasteiger partial charge in [0.15, 0.2) is 16.6 Å². The summed E-state index contributed by atoms with van der Waals surface area (Å²) in [6.07, 6.45) is 1.50. The van der Waals surface area contributed by atoms with Gasteiger partial charge in [-0.2, -0.15) is 0 Å². The molecule has 1 heterocycles. The zero-order chi connectivity index (χ0) is 24.4. The van der Waals surface area contributed by atoms with Gasteiger partial charge >= 0.3 is 0 Å². The van der Waals surface area contributed by atoms with Gasteiger partial charge in [-0.25, -0.2) is 0 Å². The normalized spacial score (nSPS) is 15.3. The molecule has 0 unspecified atom stereocenters. The van der Waals surface area contributed by atoms with Gasteiger partial charge < -0.3 is 9.84 Å². The molecule has 172 valence electrons. The Bertz CT molecular complexity index is 1320. The highest BCUT2D eigenvalue weighted by atomic mass is 32.1. The fraction of sp³-hybridized carbons (Fsp3) is 0.148. The summed E-state index contributed by atoms with van der Waals surface area (Å²) in [5, 5.41) is 10.1. The highest BCUT2D eigenvalue weighted by Crippen LogP contribution is 2.32. The number of aryl methyl sites for hydroxylation is 2. The van der Waals surface area contributed by atoms with Crippen molar-refractivity contribution < 1.29 is 19.4 Å². The van der Waals surface area contributed by atoms with Crippen LogP contribution in [-0.2, 0) is 9.59 Å². The van der Waals surface area contributed by atoms with E-state index in [1.165, 1.54) is 21.9 Å². The number of benzene rings is 3. The minimum Gasteiger partial charge on any atom is -0.504 e. The first-order valence-corrected chi connectivity index (χ1v) is 11.2. The third-order valence-electron chi connectivity index (χ3n) is 5.61. The van der Waals surface area contributed by atoms with Gasteiger partial charge in [-0.05, 0) is 92.2 Å². The number of amides is 2. The topological polar surface area (TPSA) is 70.1 Å². The Hall–Kier alpha value is -3.97. The molecule has 1 N–H and O–H groups in total. The minimum absolute atomic E-state index is 0.0193. The number of phenols is 1. The van der Waals surface area contributed by atoms with Crippen LogP contribution in [0.1, 0.15) is 23.6 Å². The molecular formula is C27H24N2O4S. The van der Waals surface area contributed by atoms with Crippen LogP contribution in [0.5, 0.6) is 11.5 Å². The van der Waals surface area contributed by atoms with Gasteiger partial charge in [0.25, 0.3) is 11.8 Å². The number of anilines is 2. The summed E-state index contributed by atoms with van der Waals surface area (Å²) in [5.41, 5.74) is 3.71. The van der Waals surface area contributed by atoms with E-state index in [1.807, 2.05) is 38.1 Å². The van der Waals surface area contributed by atoms with Crippen molar-refractivity contribution in [1.29, 1.82) is 0 Å². The van der Waals surface area contributed by atoms with Gasteiger partial charge in [0.05, 0.1) is 18.0 Å². The van der Waals surface area contributed by atoms with Crippen LogP contribution in [-0.4, -0.2) is 28.6 Å². The number of nitrogens with zero attached hydrogens (tertiary/aromatic N) is 2. The van der Waals surface area contributed by atoms with Crippen molar-refractivity contribution in [2.24, 2.45) is 0 Å². The SMILES string of the molecule is CCOc1cc(/C=C2/C(=O)N(c3ccccc3)C(=S)N(c3ccc(C)c(C)c3)C2=O)ccc1O. The second-order valence-corrected chi connectivity index (χ2v) is 8.25. The number of carbonyl (C=O) groups is 2. The number of hydrogen-bond acceptors (Lipinski definition) is 5. The van der Waals surface area contributed by atoms with Crippen LogP contribution in [0.4, 0.5) is 11.4 Å². The van der Waals surface area contributed by atoms with Gasteiger partial charge in [0, 0.05) is 0 Å². The molecule has 0 radical (unpaired) electrons. The van der Waals surface area contributed by atoms with Crippen LogP contribution in [0.25, 0.3) is 6.08 Å². The van der Waals surface area contributed by atoms with Gasteiger partial charge in [-0.3, -0.25) is 19.4 Å². The molecule has 4 rings (SSSR count). The lowest BCUT2D eigenvalue weighted by atomic mass is 10.0. The zero-order valence-corrected chi connectivity index (χ0v) is 19.9. The Morgan fingerprint density at radius 1 is 0.882 bits per heavy atom. The molecule has 0 aliphatic carbocycles. The third kappa shape index (κ3) is 4.30. The highest BCUT2D eigenvalue weighted by molar-refractivity contribution is 7.81. The Labute approximate surface area is 203 Å². The van der Waals surface area contributed by atoms with Crippen LogP contribution in [0.3, 0.4) is 0 Å². The van der Waals surface area contributed by atoms with Crippen molar-refractivity contribution in [3.63, 3.8) is 0 Å². The summed E-state index contributed by atoms with van der Waals surface area (Å²) < 4.78 is 5.45. The van der Waals surface area contributed by atoms with E-state index in [1.54, 1.807) is 43.3 Å². The number of carbonyl (C=O) groups excluding carboxylic acids is 2. The lowest BCUT2D eigenvalue weighted by Gasteiger charge is -2.36. The number of aromatic hydroxyl groups is 1. The fourth-order valence-electron chi connectivity index (χ4n) is 3.69. The van der Waals surface area contributed by atoms with Crippen LogP contribution >= 0.6 is 12.2 Å². The molecule has 0 spiro atoms. The molecule has 0 atom stereocenters. The number of para-hydroxylation sites is 1. The van der Waals surface area contributed by atoms with Crippen molar-refractivity contribution in [3.05, 3.63) is 89.0 Å². The largest absolute Gasteiger partial charge is 0.504 e. The Morgan fingerprint density at radius 3 is 2.21 bits per heavy atom. The monoisotopic (exact) mass is 472 g/mol. The van der Waals surface area contributed by atoms with Crippen LogP contribution in [0.15, 0.2) is 72.3 Å². The van der Waals surface area contributed by atoms with Crippen molar-refractivity contribution in [2.45, 2.75) is 20.8 Å². The van der Waals surface area contributed by atoms with E-state index < -0.39 is 11.8 Å². The Morgan fingerprint density at radius 2 is 1.56 bits per heavy atom. The van der Waals surface area contributed by atoms with E-state index in [-0.39, 0.29) is 22.2 Å². The van der Waals surface area contributed by atoms with E-state index in [2.05, 4.69) is 0 Å². The molecule has 0 aromatic heterocycles. The average molecular weight is 473 g/mol. The quantitative estimate of drug-likeness (QED) is 0.316. The zero-order valence-electron chi connectivity index (χ0n) is 19.1. The Kier molecular flexibility index (Phi) is 6.47. The minimum atomic E-state index is -0.521. The predicted molar refractivity (Wildman–Crippen MR) is 137 cm³/mol. The highest BCUT2D eigenvalue weighted by Gasteiger charge is 2.41. The van der Waals surface area contributed by atoms with Crippen molar-refractivity contribution >= 4 is 46.6 Å². The maximum absolute atomic E-state index is 13.6. The molecular weight excluding hydrogens is 448 g/mol. The van der Waals surface area contributed by atoms with Gasteiger partial charge in [-0.15, -0.1) is 0 Å². The van der Waals surface area contributed by atoms with Gasteiger partial charge in [0.2, 0.25) is 0 Å². The molecule has 34 heavy (non-hydrogen) atoms. The molecule has 1 aliphatic heterocycles. The molecule has 2 amide bonds. The number of hydrogen-bond donors (Lipinski definition) is 1. The van der Waals surface area contributed by atoms with Crippen molar-refractivity contribution in [1.82, 2.24) is 0 Å². The van der Waals surface area contributed by atoms with E-state index in [0.717, 1.165) is 11.1 Å². The predicted octanol–water partition coefficient (Wildman–Crippen LogP) is 5.16. The van der Waals surface area contributed by atoms with E-state index >= 15 is 0 Å². The summed E-state index contributed by atoms with van der Waals surface area (Å²) in [5.74, 6) is -0.785. The standard InChI is InChI=1S/C27H24N2O4S/c1-4-33-24-16-19(11-13-23(24)30)15-22-25(31)28(20-8-6-5-7-9-20)27(34)29(26(22)32)21-12-10-17(2)18(3)14-21/h5-16,30H,4H2,1-3H3/b22-15-. The van der Waals surface area contributed by atoms with E-state index in [0.29, 0.717) is 23.5 Å². The molecule has 7 heteroatoms. The van der Waals surface area contributed by atoms with Crippen LogP contribution < -0.4 is 14.5 Å². The summed E-state index contributed by atoms with van der Waals surface area (Å²) in [4.78, 5) is 30.0. The van der Waals surface area contributed by atoms with Crippen LogP contribution in [0.2, 0.25) is 0 Å². The first kappa shape index (κ1) is 23.2. The lowest BCUT2D eigenvalue weighted by Crippen LogP contribution is -2.57. The summed E-state index contributed by atoms with van der Waals surface area (Å²) in [6, 6.07) is 19.3. The van der Waals surface area contributed by atoms with Crippen molar-refractivity contribution in [2.75, 3.05) is 16.4 Å². The number of phenolic OH excluding ortho intramolecular Hbond substituents is 1. The van der Waals surface area contributed by atoms with E-state index in [4.69, 9.17) is 17.0 Å². The molecule has 1 aliphatic rings.